The highest BCUT2D eigenvalue weighted by Crippen LogP contribution is 2.35. The first-order valence-electron chi connectivity index (χ1n) is 12.1. The van der Waals surface area contributed by atoms with Crippen LogP contribution in [-0.4, -0.2) is 82.7 Å². The summed E-state index contributed by atoms with van der Waals surface area (Å²) in [5.74, 6) is -0.631. The van der Waals surface area contributed by atoms with Crippen molar-refractivity contribution in [1.29, 1.82) is 0 Å². The summed E-state index contributed by atoms with van der Waals surface area (Å²) >= 11 is 0. The number of aromatic nitrogens is 1. The van der Waals surface area contributed by atoms with Crippen molar-refractivity contribution in [2.24, 2.45) is 5.92 Å². The number of hydrogen-bond donors (Lipinski definition) is 3. The molecule has 0 saturated carbocycles. The number of amides is 4. The highest BCUT2D eigenvalue weighted by atomic mass is 16.5. The van der Waals surface area contributed by atoms with Gasteiger partial charge >= 0.3 is 6.03 Å². The van der Waals surface area contributed by atoms with Crippen LogP contribution in [0.2, 0.25) is 0 Å². The molecule has 1 aliphatic rings. The number of rotatable bonds is 7. The fraction of sp³-hybridized carbons (Fsp3) is 0.462. The van der Waals surface area contributed by atoms with Gasteiger partial charge in [-0.25, -0.2) is 4.79 Å². The molecule has 10 heteroatoms. The number of nitrogens with one attached hydrogen (secondary N) is 2. The first kappa shape index (κ1) is 26.9. The van der Waals surface area contributed by atoms with Crippen molar-refractivity contribution in [1.82, 2.24) is 20.1 Å². The third-order valence-corrected chi connectivity index (χ3v) is 6.09. The Morgan fingerprint density at radius 3 is 2.56 bits per heavy atom. The summed E-state index contributed by atoms with van der Waals surface area (Å²) in [7, 11) is 1.68. The number of nitrogens with zero attached hydrogens (tertiary/aromatic N) is 3. The van der Waals surface area contributed by atoms with E-state index < -0.39 is 12.1 Å². The molecule has 0 spiro atoms. The zero-order valence-corrected chi connectivity index (χ0v) is 21.4. The monoisotopic (exact) mass is 497 g/mol. The second-order valence-electron chi connectivity index (χ2n) is 9.48. The number of anilines is 1. The minimum absolute atomic E-state index is 0.0233. The Balaban J connectivity index is 2.00. The summed E-state index contributed by atoms with van der Waals surface area (Å²) in [6, 6.07) is 7.47. The molecular weight excluding hydrogens is 462 g/mol. The average molecular weight is 498 g/mol. The summed E-state index contributed by atoms with van der Waals surface area (Å²) in [6.45, 7) is 7.86. The van der Waals surface area contributed by atoms with E-state index in [4.69, 9.17) is 4.74 Å². The Labute approximate surface area is 211 Å². The summed E-state index contributed by atoms with van der Waals surface area (Å²) in [6.07, 6.45) is 2.55. The third-order valence-electron chi connectivity index (χ3n) is 6.09. The van der Waals surface area contributed by atoms with Crippen LogP contribution in [0.3, 0.4) is 0 Å². The lowest BCUT2D eigenvalue weighted by Gasteiger charge is -2.38. The van der Waals surface area contributed by atoms with Gasteiger partial charge in [0.25, 0.3) is 11.8 Å². The average Bonchev–Trinajstić information content (AvgIpc) is 2.86. The number of aliphatic hydroxyl groups excluding tert-OH is 1. The van der Waals surface area contributed by atoms with E-state index in [0.29, 0.717) is 17.8 Å². The van der Waals surface area contributed by atoms with E-state index in [1.165, 1.54) is 12.4 Å². The van der Waals surface area contributed by atoms with Crippen molar-refractivity contribution in [2.75, 3.05) is 32.1 Å². The van der Waals surface area contributed by atoms with Crippen molar-refractivity contribution in [3.63, 3.8) is 0 Å². The fourth-order valence-electron chi connectivity index (χ4n) is 3.97. The van der Waals surface area contributed by atoms with E-state index in [1.807, 2.05) is 20.8 Å². The van der Waals surface area contributed by atoms with Crippen molar-refractivity contribution < 1.29 is 24.2 Å². The Bertz CT molecular complexity index is 1080. The fourth-order valence-corrected chi connectivity index (χ4v) is 3.97. The van der Waals surface area contributed by atoms with Gasteiger partial charge in [-0.1, -0.05) is 13.0 Å². The van der Waals surface area contributed by atoms with Gasteiger partial charge in [0.2, 0.25) is 0 Å². The maximum Gasteiger partial charge on any atom is 0.317 e. The van der Waals surface area contributed by atoms with Crippen molar-refractivity contribution in [3.05, 3.63) is 53.9 Å². The lowest BCUT2D eigenvalue weighted by atomic mass is 9.99. The van der Waals surface area contributed by atoms with Crippen LogP contribution in [0.25, 0.3) is 0 Å². The predicted octanol–water partition coefficient (Wildman–Crippen LogP) is 2.60. The van der Waals surface area contributed by atoms with Crippen LogP contribution in [0.1, 0.15) is 48.4 Å². The molecule has 2 heterocycles. The van der Waals surface area contributed by atoms with Crippen LogP contribution in [0.15, 0.2) is 42.7 Å². The van der Waals surface area contributed by atoms with Crippen LogP contribution >= 0.6 is 0 Å². The molecule has 1 aromatic heterocycles. The summed E-state index contributed by atoms with van der Waals surface area (Å²) in [4.78, 5) is 46.1. The molecule has 194 valence electrons. The Kier molecular flexibility index (Phi) is 8.87. The molecular formula is C26H35N5O5. The molecule has 0 saturated heterocycles. The van der Waals surface area contributed by atoms with Crippen molar-refractivity contribution >= 4 is 23.5 Å². The molecule has 3 N–H and O–H groups in total. The molecule has 10 nitrogen and oxygen atoms in total. The molecule has 0 bridgehead atoms. The number of fused-ring (bicyclic) bond motifs is 1. The number of ether oxygens (including phenoxy) is 1. The lowest BCUT2D eigenvalue weighted by molar-refractivity contribution is 0.0368. The smallest absolute Gasteiger partial charge is 0.317 e. The Morgan fingerprint density at radius 2 is 1.92 bits per heavy atom. The van der Waals surface area contributed by atoms with E-state index in [0.717, 1.165) is 0 Å². The standard InChI is InChI=1S/C26H35N5O5/c1-16(2)28-26(35)30(5)14-22-17(3)13-31(18(4)15-32)25(34)20-7-6-8-21(23(20)36-22)29-24(33)19-9-11-27-12-10-19/h6-12,16-18,22,32H,13-15H2,1-5H3,(H,28,35)(H,29,33)/t17-,18-,22+/m0/s1. The third kappa shape index (κ3) is 6.31. The number of benzene rings is 1. The van der Waals surface area contributed by atoms with E-state index in [1.54, 1.807) is 54.1 Å². The lowest BCUT2D eigenvalue weighted by Crippen LogP contribution is -2.51. The molecule has 36 heavy (non-hydrogen) atoms. The van der Waals surface area contributed by atoms with Gasteiger partial charge in [0.05, 0.1) is 30.4 Å². The van der Waals surface area contributed by atoms with Gasteiger partial charge in [-0.3, -0.25) is 14.6 Å². The maximum atomic E-state index is 13.5. The maximum absolute atomic E-state index is 13.5. The zero-order valence-electron chi connectivity index (χ0n) is 21.4. The number of pyridine rings is 1. The second-order valence-corrected chi connectivity index (χ2v) is 9.48. The first-order valence-corrected chi connectivity index (χ1v) is 12.1. The predicted molar refractivity (Wildman–Crippen MR) is 136 cm³/mol. The highest BCUT2D eigenvalue weighted by Gasteiger charge is 2.35. The van der Waals surface area contributed by atoms with Gasteiger partial charge in [0.1, 0.15) is 6.10 Å². The SMILES string of the molecule is CC(C)NC(=O)N(C)C[C@H]1Oc2c(NC(=O)c3ccncc3)cccc2C(=O)N([C@@H](C)CO)C[C@@H]1C. The zero-order chi connectivity index (χ0) is 26.4. The molecule has 1 aromatic carbocycles. The molecule has 4 amide bonds. The van der Waals surface area contributed by atoms with Crippen LogP contribution in [0, 0.1) is 5.92 Å². The number of likely N-dealkylation sites (N-methyl/N-ethyl adjacent to an activating group) is 1. The largest absolute Gasteiger partial charge is 0.485 e. The number of para-hydroxylation sites is 1. The Hall–Kier alpha value is -3.66. The van der Waals surface area contributed by atoms with Gasteiger partial charge in [-0.15, -0.1) is 0 Å². The number of hydrogen-bond acceptors (Lipinski definition) is 6. The normalized spacial score (nSPS) is 18.4. The van der Waals surface area contributed by atoms with Gasteiger partial charge < -0.3 is 30.3 Å². The molecule has 3 rings (SSSR count). The van der Waals surface area contributed by atoms with Crippen molar-refractivity contribution in [3.8, 4) is 5.75 Å². The summed E-state index contributed by atoms with van der Waals surface area (Å²) in [5.41, 5.74) is 1.02. The minimum Gasteiger partial charge on any atom is -0.485 e. The highest BCUT2D eigenvalue weighted by molar-refractivity contribution is 6.07. The van der Waals surface area contributed by atoms with E-state index in [9.17, 15) is 19.5 Å². The van der Waals surface area contributed by atoms with Gasteiger partial charge in [0, 0.05) is 43.5 Å². The van der Waals surface area contributed by atoms with Crippen LogP contribution < -0.4 is 15.4 Å². The van der Waals surface area contributed by atoms with Gasteiger partial charge in [0.15, 0.2) is 5.75 Å². The topological polar surface area (TPSA) is 124 Å². The van der Waals surface area contributed by atoms with E-state index in [2.05, 4.69) is 15.6 Å². The van der Waals surface area contributed by atoms with Gasteiger partial charge in [-0.2, -0.15) is 0 Å². The molecule has 0 radical (unpaired) electrons. The second kappa shape index (κ2) is 11.9. The number of carbonyl (C=O) groups excluding carboxylic acids is 3. The number of carbonyl (C=O) groups is 3. The first-order chi connectivity index (χ1) is 17.1. The molecule has 3 atom stereocenters. The molecule has 1 aliphatic heterocycles. The Morgan fingerprint density at radius 1 is 1.22 bits per heavy atom. The molecule has 0 fully saturated rings. The molecule has 0 unspecified atom stereocenters. The molecule has 2 aromatic rings. The van der Waals surface area contributed by atoms with E-state index in [-0.39, 0.29) is 54.3 Å². The molecule has 0 aliphatic carbocycles. The number of aliphatic hydroxyl groups is 1. The van der Waals surface area contributed by atoms with Crippen molar-refractivity contribution in [2.45, 2.75) is 45.9 Å². The van der Waals surface area contributed by atoms with Crippen LogP contribution in [0.5, 0.6) is 5.75 Å². The van der Waals surface area contributed by atoms with Crippen LogP contribution in [-0.2, 0) is 0 Å². The van der Waals surface area contributed by atoms with Gasteiger partial charge in [-0.05, 0) is 45.0 Å². The summed E-state index contributed by atoms with van der Waals surface area (Å²) < 4.78 is 6.42. The minimum atomic E-state index is -0.493. The number of urea groups is 1. The summed E-state index contributed by atoms with van der Waals surface area (Å²) in [5, 5.41) is 15.5. The quantitative estimate of drug-likeness (QED) is 0.540. The van der Waals surface area contributed by atoms with E-state index >= 15 is 0 Å². The van der Waals surface area contributed by atoms with Crippen LogP contribution in [0.4, 0.5) is 10.5 Å².